The molecule has 0 radical (unpaired) electrons. The van der Waals surface area contributed by atoms with Crippen LogP contribution >= 0.6 is 0 Å². The van der Waals surface area contributed by atoms with Crippen molar-refractivity contribution in [2.75, 3.05) is 19.9 Å². The Labute approximate surface area is 197 Å². The molecule has 2 heterocycles. The third kappa shape index (κ3) is 4.26. The number of aromatic amines is 1. The normalized spacial score (nSPS) is 13.4. The zero-order valence-corrected chi connectivity index (χ0v) is 20.3. The van der Waals surface area contributed by atoms with E-state index in [-0.39, 0.29) is 17.3 Å². The lowest BCUT2D eigenvalue weighted by Gasteiger charge is -2.27. The van der Waals surface area contributed by atoms with Crippen LogP contribution in [0.5, 0.6) is 11.5 Å². The Morgan fingerprint density at radius 3 is 2.47 bits per heavy atom. The van der Waals surface area contributed by atoms with E-state index in [1.54, 1.807) is 26.0 Å². The second-order valence-corrected chi connectivity index (χ2v) is 10.4. The van der Waals surface area contributed by atoms with Crippen LogP contribution < -0.4 is 20.3 Å². The fourth-order valence-electron chi connectivity index (χ4n) is 4.00. The van der Waals surface area contributed by atoms with Crippen LogP contribution in [-0.2, 0) is 15.6 Å². The van der Waals surface area contributed by atoms with E-state index in [0.717, 1.165) is 5.56 Å². The number of hydrogen-bond acceptors (Lipinski definition) is 6. The summed E-state index contributed by atoms with van der Waals surface area (Å²) < 4.78 is 38.2. The van der Waals surface area contributed by atoms with Gasteiger partial charge in [-0.15, -0.1) is 0 Å². The third-order valence-electron chi connectivity index (χ3n) is 5.92. The third-order valence-corrected chi connectivity index (χ3v) is 7.97. The topological polar surface area (TPSA) is 118 Å². The van der Waals surface area contributed by atoms with Crippen LogP contribution in [0.2, 0.25) is 0 Å². The predicted molar refractivity (Wildman–Crippen MR) is 128 cm³/mol. The van der Waals surface area contributed by atoms with Gasteiger partial charge in [0.25, 0.3) is 5.91 Å². The number of fused-ring (bicyclic) bond motifs is 2. The van der Waals surface area contributed by atoms with Gasteiger partial charge in [-0.1, -0.05) is 19.9 Å². The van der Waals surface area contributed by atoms with Crippen molar-refractivity contribution in [3.05, 3.63) is 63.9 Å². The number of amides is 1. The number of ether oxygens (including phenoxy) is 2. The van der Waals surface area contributed by atoms with Crippen molar-refractivity contribution in [3.8, 4) is 11.5 Å². The van der Waals surface area contributed by atoms with Gasteiger partial charge in [0.2, 0.25) is 22.4 Å². The molecule has 10 heteroatoms. The molecule has 0 saturated carbocycles. The number of benzene rings is 2. The molecule has 0 aliphatic carbocycles. The van der Waals surface area contributed by atoms with Gasteiger partial charge < -0.3 is 19.8 Å². The number of pyridine rings is 1. The highest BCUT2D eigenvalue weighted by atomic mass is 32.2. The highest BCUT2D eigenvalue weighted by molar-refractivity contribution is 7.89. The van der Waals surface area contributed by atoms with Crippen LogP contribution in [0, 0.1) is 0 Å². The molecule has 1 aliphatic heterocycles. The van der Waals surface area contributed by atoms with Crippen LogP contribution in [-0.4, -0.2) is 43.5 Å². The van der Waals surface area contributed by atoms with Gasteiger partial charge in [0.05, 0.1) is 16.0 Å². The number of nitrogens with zero attached hydrogens (tertiary/aromatic N) is 1. The molecule has 0 spiro atoms. The Balaban J connectivity index is 1.74. The molecule has 3 aromatic rings. The first-order valence-corrected chi connectivity index (χ1v) is 12.4. The number of aromatic nitrogens is 1. The maximum absolute atomic E-state index is 13.4. The van der Waals surface area contributed by atoms with E-state index in [1.807, 2.05) is 19.9 Å². The molecule has 2 aromatic carbocycles. The van der Waals surface area contributed by atoms with Crippen molar-refractivity contribution in [1.29, 1.82) is 0 Å². The van der Waals surface area contributed by atoms with Gasteiger partial charge in [0.1, 0.15) is 0 Å². The lowest BCUT2D eigenvalue weighted by Crippen LogP contribution is -2.41. The number of carbonyl (C=O) groups excluding carboxylic acids is 1. The predicted octanol–water partition coefficient (Wildman–Crippen LogP) is 2.95. The first-order valence-electron chi connectivity index (χ1n) is 11.0. The van der Waals surface area contributed by atoms with Crippen molar-refractivity contribution >= 4 is 26.8 Å². The van der Waals surface area contributed by atoms with Crippen molar-refractivity contribution < 1.29 is 22.7 Å². The van der Waals surface area contributed by atoms with Gasteiger partial charge in [0.15, 0.2) is 11.5 Å². The van der Waals surface area contributed by atoms with E-state index in [9.17, 15) is 18.0 Å². The molecule has 1 aliphatic rings. The molecule has 4 rings (SSSR count). The standard InChI is InChI=1S/C24H27N3O6S/c1-5-27(6-2)34(30,31)16-8-9-19-17(12-16)18(13-22(28)25-19)23(29)26-24(3,4)15-7-10-20-21(11-15)33-14-32-20/h7-13H,5-6,14H2,1-4H3,(H,25,28)(H,26,29). The van der Waals surface area contributed by atoms with E-state index >= 15 is 0 Å². The molecule has 1 amide bonds. The zero-order valence-electron chi connectivity index (χ0n) is 19.5. The second-order valence-electron chi connectivity index (χ2n) is 8.49. The van der Waals surface area contributed by atoms with E-state index in [4.69, 9.17) is 9.47 Å². The van der Waals surface area contributed by atoms with E-state index in [2.05, 4.69) is 10.3 Å². The average molecular weight is 486 g/mol. The number of sulfonamides is 1. The summed E-state index contributed by atoms with van der Waals surface area (Å²) in [6.07, 6.45) is 0. The maximum atomic E-state index is 13.4. The van der Waals surface area contributed by atoms with Gasteiger partial charge in [0, 0.05) is 30.1 Å². The fraction of sp³-hybridized carbons (Fsp3) is 0.333. The fourth-order valence-corrected chi connectivity index (χ4v) is 5.49. The Hall–Kier alpha value is -3.37. The minimum atomic E-state index is -3.75. The minimum absolute atomic E-state index is 0.0554. The smallest absolute Gasteiger partial charge is 0.252 e. The number of carbonyl (C=O) groups is 1. The van der Waals surface area contributed by atoms with E-state index in [1.165, 1.54) is 28.6 Å². The summed E-state index contributed by atoms with van der Waals surface area (Å²) in [6, 6.07) is 11.0. The molecule has 0 bridgehead atoms. The monoisotopic (exact) mass is 485 g/mol. The molecule has 0 atom stereocenters. The largest absolute Gasteiger partial charge is 0.454 e. The van der Waals surface area contributed by atoms with Gasteiger partial charge in [-0.3, -0.25) is 9.59 Å². The zero-order chi connectivity index (χ0) is 24.7. The van der Waals surface area contributed by atoms with Gasteiger partial charge in [-0.2, -0.15) is 4.31 Å². The van der Waals surface area contributed by atoms with Crippen molar-refractivity contribution in [1.82, 2.24) is 14.6 Å². The first kappa shape index (κ1) is 23.8. The molecule has 2 N–H and O–H groups in total. The Kier molecular flexibility index (Phi) is 6.13. The van der Waals surface area contributed by atoms with Gasteiger partial charge in [-0.05, 0) is 49.7 Å². The SMILES string of the molecule is CCN(CC)S(=O)(=O)c1ccc2[nH]c(=O)cc(C(=O)NC(C)(C)c3ccc4c(c3)OCO4)c2c1. The summed E-state index contributed by atoms with van der Waals surface area (Å²) in [5.74, 6) is 0.720. The summed E-state index contributed by atoms with van der Waals surface area (Å²) in [4.78, 5) is 28.3. The van der Waals surface area contributed by atoms with Crippen molar-refractivity contribution in [2.24, 2.45) is 0 Å². The maximum Gasteiger partial charge on any atom is 0.252 e. The van der Waals surface area contributed by atoms with E-state index in [0.29, 0.717) is 35.5 Å². The average Bonchev–Trinajstić information content (AvgIpc) is 3.26. The number of H-pyrrole nitrogens is 1. The lowest BCUT2D eigenvalue weighted by atomic mass is 9.93. The highest BCUT2D eigenvalue weighted by Gasteiger charge is 2.28. The molecule has 0 unspecified atom stereocenters. The molecule has 9 nitrogen and oxygen atoms in total. The molecule has 0 fully saturated rings. The summed E-state index contributed by atoms with van der Waals surface area (Å²) >= 11 is 0. The highest BCUT2D eigenvalue weighted by Crippen LogP contribution is 2.36. The van der Waals surface area contributed by atoms with Crippen LogP contribution in [0.1, 0.15) is 43.6 Å². The van der Waals surface area contributed by atoms with Gasteiger partial charge >= 0.3 is 0 Å². The number of nitrogens with one attached hydrogen (secondary N) is 2. The summed E-state index contributed by atoms with van der Waals surface area (Å²) in [6.45, 7) is 7.96. The Bertz CT molecular complexity index is 1420. The summed E-state index contributed by atoms with van der Waals surface area (Å²) in [5, 5.41) is 3.29. The lowest BCUT2D eigenvalue weighted by molar-refractivity contribution is 0.0913. The molecule has 34 heavy (non-hydrogen) atoms. The van der Waals surface area contributed by atoms with Crippen LogP contribution in [0.4, 0.5) is 0 Å². The van der Waals surface area contributed by atoms with Crippen LogP contribution in [0.25, 0.3) is 10.9 Å². The molecule has 0 saturated heterocycles. The Morgan fingerprint density at radius 1 is 1.06 bits per heavy atom. The second kappa shape index (κ2) is 8.77. The molecule has 180 valence electrons. The van der Waals surface area contributed by atoms with Crippen molar-refractivity contribution in [3.63, 3.8) is 0 Å². The molecule has 1 aromatic heterocycles. The van der Waals surface area contributed by atoms with Crippen LogP contribution in [0.15, 0.2) is 52.2 Å². The Morgan fingerprint density at radius 2 is 1.76 bits per heavy atom. The van der Waals surface area contributed by atoms with Gasteiger partial charge in [-0.25, -0.2) is 8.42 Å². The van der Waals surface area contributed by atoms with Crippen molar-refractivity contribution in [2.45, 2.75) is 38.1 Å². The first-order chi connectivity index (χ1) is 16.1. The minimum Gasteiger partial charge on any atom is -0.454 e. The quantitative estimate of drug-likeness (QED) is 0.531. The number of rotatable bonds is 7. The van der Waals surface area contributed by atoms with E-state index < -0.39 is 27.0 Å². The van der Waals surface area contributed by atoms with Crippen LogP contribution in [0.3, 0.4) is 0 Å². The summed E-state index contributed by atoms with van der Waals surface area (Å²) in [5.41, 5.74) is -0.0409. The molecular formula is C24H27N3O6S. The molecular weight excluding hydrogens is 458 g/mol. The number of hydrogen-bond donors (Lipinski definition) is 2. The summed E-state index contributed by atoms with van der Waals surface area (Å²) in [7, 11) is -3.75.